The number of ether oxygens (including phenoxy) is 1. The molecule has 9 nitrogen and oxygen atoms in total. The molecule has 128 valence electrons. The molecule has 0 aliphatic carbocycles. The summed E-state index contributed by atoms with van der Waals surface area (Å²) in [5, 5.41) is 22.8. The number of primary amides is 1. The van der Waals surface area contributed by atoms with Gasteiger partial charge >= 0.3 is 24.0 Å². The molecule has 0 spiro atoms. The van der Waals surface area contributed by atoms with Crippen LogP contribution in [0.5, 0.6) is 0 Å². The number of carbonyl (C=O) groups is 4. The molecule has 0 aliphatic heterocycles. The van der Waals surface area contributed by atoms with Crippen LogP contribution in [-0.4, -0.2) is 45.9 Å². The van der Waals surface area contributed by atoms with E-state index in [9.17, 15) is 19.2 Å². The summed E-state index contributed by atoms with van der Waals surface area (Å²) in [6.07, 6.45) is 1.79. The summed E-state index contributed by atoms with van der Waals surface area (Å²) in [5.41, 5.74) is 4.54. The molecule has 1 unspecified atom stereocenters. The van der Waals surface area contributed by atoms with Gasteiger partial charge in [0.2, 0.25) is 0 Å². The number of carbonyl (C=O) groups excluding carboxylic acids is 1. The summed E-state index contributed by atoms with van der Waals surface area (Å²) >= 11 is 0. The van der Waals surface area contributed by atoms with Crippen LogP contribution in [-0.2, 0) is 19.1 Å². The fourth-order valence-electron chi connectivity index (χ4n) is 0.142. The van der Waals surface area contributed by atoms with Gasteiger partial charge in [0.05, 0.1) is 6.61 Å². The molecule has 1 amide bonds. The minimum atomic E-state index is -0.981. The Balaban J connectivity index is -0.0000000577. The van der Waals surface area contributed by atoms with Gasteiger partial charge in [0.1, 0.15) is 0 Å². The molecule has 22 heavy (non-hydrogen) atoms. The standard InChI is InChI=1S/C3H7NO2.3C3H4O2.H3P/c1-2-6-3(4)5;3*1-2-3(4)5;/h2H2,1H3,(H2,4,5);3*2H,1H2,(H,4,5);1H3. The Hall–Kier alpha value is -2.67. The van der Waals surface area contributed by atoms with Crippen LogP contribution >= 0.6 is 9.90 Å². The summed E-state index contributed by atoms with van der Waals surface area (Å²) in [5.74, 6) is -2.94. The van der Waals surface area contributed by atoms with Crippen molar-refractivity contribution >= 4 is 33.9 Å². The van der Waals surface area contributed by atoms with Gasteiger partial charge in [0.15, 0.2) is 0 Å². The highest BCUT2D eigenvalue weighted by atomic mass is 31.0. The fraction of sp³-hybridized carbons (Fsp3) is 0.167. The lowest BCUT2D eigenvalue weighted by atomic mass is 10.7. The Bertz CT molecular complexity index is 325. The Labute approximate surface area is 131 Å². The molecule has 0 aromatic heterocycles. The van der Waals surface area contributed by atoms with Crippen molar-refractivity contribution in [1.29, 1.82) is 0 Å². The first-order valence-corrected chi connectivity index (χ1v) is 5.07. The van der Waals surface area contributed by atoms with E-state index in [1.54, 1.807) is 6.92 Å². The van der Waals surface area contributed by atoms with E-state index in [2.05, 4.69) is 30.2 Å². The summed E-state index contributed by atoms with van der Waals surface area (Å²) in [6.45, 7) is 10.9. The Kier molecular flexibility index (Phi) is 38.5. The second kappa shape index (κ2) is 26.8. The third-order valence-corrected chi connectivity index (χ3v) is 0.810. The largest absolute Gasteiger partial charge is 0.478 e. The molecule has 0 saturated heterocycles. The number of carboxylic acid groups (broad SMARTS) is 3. The molecule has 0 aromatic carbocycles. The Morgan fingerprint density at radius 1 is 0.909 bits per heavy atom. The number of hydrogen-bond donors (Lipinski definition) is 4. The van der Waals surface area contributed by atoms with E-state index < -0.39 is 24.0 Å². The normalized spacial score (nSPS) is 6.41. The van der Waals surface area contributed by atoms with E-state index >= 15 is 0 Å². The van der Waals surface area contributed by atoms with E-state index in [0.717, 1.165) is 18.2 Å². The predicted octanol–water partition coefficient (Wildman–Crippen LogP) is 0.931. The summed E-state index contributed by atoms with van der Waals surface area (Å²) in [7, 11) is 0. The first-order valence-electron chi connectivity index (χ1n) is 5.07. The van der Waals surface area contributed by atoms with Gasteiger partial charge in [-0.25, -0.2) is 19.2 Å². The maximum absolute atomic E-state index is 9.60. The van der Waals surface area contributed by atoms with Crippen LogP contribution in [0.2, 0.25) is 0 Å². The fourth-order valence-corrected chi connectivity index (χ4v) is 0.142. The Morgan fingerprint density at radius 3 is 1.09 bits per heavy atom. The van der Waals surface area contributed by atoms with Gasteiger partial charge in [0.25, 0.3) is 0 Å². The van der Waals surface area contributed by atoms with Crippen molar-refractivity contribution in [3.05, 3.63) is 38.0 Å². The van der Waals surface area contributed by atoms with Crippen molar-refractivity contribution in [2.24, 2.45) is 5.73 Å². The van der Waals surface area contributed by atoms with Crippen LogP contribution in [0.15, 0.2) is 38.0 Å². The highest BCUT2D eigenvalue weighted by Crippen LogP contribution is 1.66. The highest BCUT2D eigenvalue weighted by Gasteiger charge is 1.82. The zero-order valence-corrected chi connectivity index (χ0v) is 13.6. The number of aliphatic carboxylic acids is 3. The van der Waals surface area contributed by atoms with Gasteiger partial charge in [0, 0.05) is 18.2 Å². The molecule has 0 rings (SSSR count). The van der Waals surface area contributed by atoms with Crippen LogP contribution in [0.25, 0.3) is 0 Å². The predicted molar refractivity (Wildman–Crippen MR) is 85.8 cm³/mol. The number of amides is 1. The SMILES string of the molecule is C=CC(=O)O.C=CC(=O)O.C=CC(=O)O.CCOC(N)=O.P. The zero-order chi connectivity index (χ0) is 17.8. The summed E-state index contributed by atoms with van der Waals surface area (Å²) in [6, 6.07) is 0. The average molecular weight is 339 g/mol. The van der Waals surface area contributed by atoms with E-state index in [1.807, 2.05) is 0 Å². The maximum atomic E-state index is 9.60. The van der Waals surface area contributed by atoms with Crippen LogP contribution < -0.4 is 5.73 Å². The minimum Gasteiger partial charge on any atom is -0.478 e. The summed E-state index contributed by atoms with van der Waals surface area (Å²) in [4.78, 5) is 37.3. The molecule has 0 saturated carbocycles. The van der Waals surface area contributed by atoms with Gasteiger partial charge in [-0.15, -0.1) is 0 Å². The van der Waals surface area contributed by atoms with Crippen LogP contribution in [0.3, 0.4) is 0 Å². The van der Waals surface area contributed by atoms with Gasteiger partial charge in [-0.1, -0.05) is 19.7 Å². The highest BCUT2D eigenvalue weighted by molar-refractivity contribution is 6.92. The molecule has 0 radical (unpaired) electrons. The quantitative estimate of drug-likeness (QED) is 0.434. The number of hydrogen-bond acceptors (Lipinski definition) is 5. The van der Waals surface area contributed by atoms with E-state index in [-0.39, 0.29) is 9.90 Å². The van der Waals surface area contributed by atoms with Crippen LogP contribution in [0.4, 0.5) is 4.79 Å². The third kappa shape index (κ3) is 115. The zero-order valence-electron chi connectivity index (χ0n) is 12.2. The molecular formula is C12H22NO8P. The molecule has 0 aromatic rings. The Morgan fingerprint density at radius 2 is 1.09 bits per heavy atom. The number of nitrogens with two attached hydrogens (primary N) is 1. The second-order valence-electron chi connectivity index (χ2n) is 2.38. The van der Waals surface area contributed by atoms with E-state index in [0.29, 0.717) is 6.61 Å². The molecule has 1 atom stereocenters. The van der Waals surface area contributed by atoms with Gasteiger partial charge in [-0.3, -0.25) is 0 Å². The molecule has 5 N–H and O–H groups in total. The molecule has 0 bridgehead atoms. The molecule has 0 fully saturated rings. The smallest absolute Gasteiger partial charge is 0.404 e. The van der Waals surface area contributed by atoms with Crippen molar-refractivity contribution in [3.8, 4) is 0 Å². The first kappa shape index (κ1) is 31.6. The monoisotopic (exact) mass is 339 g/mol. The maximum Gasteiger partial charge on any atom is 0.404 e. The lowest BCUT2D eigenvalue weighted by Gasteiger charge is -1.89. The van der Waals surface area contributed by atoms with Crippen molar-refractivity contribution < 1.29 is 39.2 Å². The molecule has 10 heteroatoms. The lowest BCUT2D eigenvalue weighted by molar-refractivity contribution is -0.132. The van der Waals surface area contributed by atoms with Crippen molar-refractivity contribution in [2.75, 3.05) is 6.61 Å². The van der Waals surface area contributed by atoms with Crippen LogP contribution in [0, 0.1) is 0 Å². The third-order valence-electron chi connectivity index (χ3n) is 0.810. The van der Waals surface area contributed by atoms with Gasteiger partial charge in [-0.05, 0) is 6.92 Å². The topological polar surface area (TPSA) is 164 Å². The second-order valence-corrected chi connectivity index (χ2v) is 2.38. The average Bonchev–Trinajstić information content (AvgIpc) is 2.40. The van der Waals surface area contributed by atoms with Crippen molar-refractivity contribution in [1.82, 2.24) is 0 Å². The summed E-state index contributed by atoms with van der Waals surface area (Å²) < 4.78 is 4.18. The molecule has 0 heterocycles. The molecule has 0 aliphatic rings. The number of rotatable bonds is 4. The van der Waals surface area contributed by atoms with Gasteiger partial charge < -0.3 is 25.8 Å². The van der Waals surface area contributed by atoms with E-state index in [4.69, 9.17) is 15.3 Å². The molecular weight excluding hydrogens is 317 g/mol. The first-order chi connectivity index (χ1) is 9.58. The minimum absolute atomic E-state index is 0. The van der Waals surface area contributed by atoms with Crippen molar-refractivity contribution in [3.63, 3.8) is 0 Å². The lowest BCUT2D eigenvalue weighted by Crippen LogP contribution is -2.11. The van der Waals surface area contributed by atoms with Crippen LogP contribution in [0.1, 0.15) is 6.92 Å². The van der Waals surface area contributed by atoms with Crippen molar-refractivity contribution in [2.45, 2.75) is 6.92 Å². The van der Waals surface area contributed by atoms with Gasteiger partial charge in [-0.2, -0.15) is 9.90 Å². The van der Waals surface area contributed by atoms with E-state index in [1.165, 1.54) is 0 Å². The number of carboxylic acids is 3.